The molecule has 0 unspecified atom stereocenters. The highest BCUT2D eigenvalue weighted by atomic mass is 35.5. The van der Waals surface area contributed by atoms with Crippen molar-refractivity contribution in [3.63, 3.8) is 0 Å². The summed E-state index contributed by atoms with van der Waals surface area (Å²) in [4.78, 5) is 15.2. The van der Waals surface area contributed by atoms with Gasteiger partial charge in [-0.2, -0.15) is 0 Å². The van der Waals surface area contributed by atoms with Crippen molar-refractivity contribution in [2.24, 2.45) is 11.8 Å². The van der Waals surface area contributed by atoms with Crippen molar-refractivity contribution in [3.05, 3.63) is 44.9 Å². The number of thiazole rings is 1. The van der Waals surface area contributed by atoms with Crippen LogP contribution < -0.4 is 4.74 Å². The van der Waals surface area contributed by atoms with Crippen LogP contribution in [0.15, 0.2) is 23.6 Å². The van der Waals surface area contributed by atoms with Gasteiger partial charge in [0.1, 0.15) is 16.9 Å². The van der Waals surface area contributed by atoms with E-state index < -0.39 is 12.1 Å². The van der Waals surface area contributed by atoms with Gasteiger partial charge in [-0.25, -0.2) is 9.78 Å². The molecule has 6 nitrogen and oxygen atoms in total. The number of benzene rings is 1. The predicted octanol–water partition coefficient (Wildman–Crippen LogP) is 4.10. The average molecular weight is 424 g/mol. The first kappa shape index (κ1) is 19.6. The molecule has 150 valence electrons. The largest absolute Gasteiger partial charge is 0.493 e. The molecule has 0 spiro atoms. The zero-order valence-corrected chi connectivity index (χ0v) is 16.9. The molecule has 2 fully saturated rings. The molecule has 0 bridgehead atoms. The van der Waals surface area contributed by atoms with Gasteiger partial charge in [0.25, 0.3) is 0 Å². The molecular formula is C20H22ClNO5S. The quantitative estimate of drug-likeness (QED) is 0.752. The first-order valence-corrected chi connectivity index (χ1v) is 10.6. The number of ether oxygens (including phenoxy) is 2. The summed E-state index contributed by atoms with van der Waals surface area (Å²) >= 11 is 7.47. The number of rotatable bonds is 5. The fraction of sp³-hybridized carbons (Fsp3) is 0.500. The third-order valence-electron chi connectivity index (χ3n) is 5.70. The van der Waals surface area contributed by atoms with E-state index in [0.29, 0.717) is 28.8 Å². The van der Waals surface area contributed by atoms with Crippen LogP contribution in [0.4, 0.5) is 0 Å². The molecule has 2 aliphatic rings. The van der Waals surface area contributed by atoms with Crippen LogP contribution in [0.2, 0.25) is 5.02 Å². The Morgan fingerprint density at radius 1 is 1.43 bits per heavy atom. The second-order valence-corrected chi connectivity index (χ2v) is 8.77. The van der Waals surface area contributed by atoms with Crippen LogP contribution in [-0.2, 0) is 4.74 Å². The van der Waals surface area contributed by atoms with Gasteiger partial charge < -0.3 is 19.7 Å². The van der Waals surface area contributed by atoms with Gasteiger partial charge in [0.2, 0.25) is 0 Å². The van der Waals surface area contributed by atoms with Crippen molar-refractivity contribution in [2.45, 2.75) is 44.5 Å². The highest BCUT2D eigenvalue weighted by molar-refractivity contribution is 7.09. The number of hydrogen-bond donors (Lipinski definition) is 2. The molecule has 1 aliphatic carbocycles. The molecule has 1 aromatic heterocycles. The first-order chi connectivity index (χ1) is 13.4. The number of aromatic carboxylic acids is 1. The smallest absolute Gasteiger partial charge is 0.355 e. The fourth-order valence-electron chi connectivity index (χ4n) is 4.13. The number of carboxylic acid groups (broad SMARTS) is 1. The second-order valence-electron chi connectivity index (χ2n) is 7.47. The van der Waals surface area contributed by atoms with Crippen LogP contribution in [0.25, 0.3) is 0 Å². The number of aromatic nitrogens is 1. The van der Waals surface area contributed by atoms with Gasteiger partial charge in [0.05, 0.1) is 18.8 Å². The highest BCUT2D eigenvalue weighted by Gasteiger charge is 2.47. The number of aliphatic hydroxyl groups excluding tert-OH is 1. The summed E-state index contributed by atoms with van der Waals surface area (Å²) in [6.45, 7) is 2.35. The predicted molar refractivity (Wildman–Crippen MR) is 105 cm³/mol. The number of hydrogen-bond acceptors (Lipinski definition) is 6. The lowest BCUT2D eigenvalue weighted by atomic mass is 9.87. The molecule has 2 heterocycles. The minimum atomic E-state index is -1.03. The van der Waals surface area contributed by atoms with E-state index in [1.165, 1.54) is 11.3 Å². The van der Waals surface area contributed by atoms with E-state index in [1.807, 2.05) is 19.1 Å². The Bertz CT molecular complexity index is 872. The number of aryl methyl sites for hydroxylation is 1. The summed E-state index contributed by atoms with van der Waals surface area (Å²) < 4.78 is 12.1. The van der Waals surface area contributed by atoms with Gasteiger partial charge in [0, 0.05) is 22.7 Å². The topological polar surface area (TPSA) is 88.9 Å². The van der Waals surface area contributed by atoms with Crippen molar-refractivity contribution < 1.29 is 24.5 Å². The van der Waals surface area contributed by atoms with Crippen molar-refractivity contribution in [3.8, 4) is 5.75 Å². The van der Waals surface area contributed by atoms with Gasteiger partial charge in [-0.05, 0) is 43.4 Å². The van der Waals surface area contributed by atoms with Crippen LogP contribution >= 0.6 is 22.9 Å². The SMILES string of the molecule is Cc1ccc(OC[C@@H]2[C@H]3CC[C@H](c4nc(C(=O)O)cs4)O[C@H]3C[C@@H]2O)cc1Cl. The van der Waals surface area contributed by atoms with Crippen LogP contribution in [0.1, 0.15) is 46.4 Å². The standard InChI is InChI=1S/C20H22ClNO5S/c1-10-2-3-11(6-14(10)21)26-8-13-12-4-5-17(27-18(12)7-16(13)23)19-22-15(9-28-19)20(24)25/h2-3,6,9,12-13,16-18,23H,4-5,7-8H2,1H3,(H,24,25)/t12-,13-,16+,17-,18+/m1/s1. The molecule has 1 saturated heterocycles. The van der Waals surface area contributed by atoms with E-state index >= 15 is 0 Å². The zero-order valence-electron chi connectivity index (χ0n) is 15.4. The van der Waals surface area contributed by atoms with E-state index in [9.17, 15) is 9.90 Å². The number of carbonyl (C=O) groups is 1. The number of aliphatic hydroxyl groups is 1. The second kappa shape index (κ2) is 7.99. The monoisotopic (exact) mass is 423 g/mol. The molecule has 28 heavy (non-hydrogen) atoms. The zero-order chi connectivity index (χ0) is 19.8. The minimum Gasteiger partial charge on any atom is -0.493 e. The number of carboxylic acids is 1. The Hall–Kier alpha value is -1.67. The molecule has 1 aromatic carbocycles. The summed E-state index contributed by atoms with van der Waals surface area (Å²) in [7, 11) is 0. The molecule has 1 saturated carbocycles. The van der Waals surface area contributed by atoms with Crippen LogP contribution in [0.3, 0.4) is 0 Å². The van der Waals surface area contributed by atoms with Gasteiger partial charge in [-0.3, -0.25) is 0 Å². The van der Waals surface area contributed by atoms with Crippen molar-refractivity contribution in [1.82, 2.24) is 4.98 Å². The highest BCUT2D eigenvalue weighted by Crippen LogP contribution is 2.46. The molecule has 4 rings (SSSR count). The van der Waals surface area contributed by atoms with Crippen LogP contribution in [0, 0.1) is 18.8 Å². The fourth-order valence-corrected chi connectivity index (χ4v) is 5.17. The third kappa shape index (κ3) is 3.89. The minimum absolute atomic E-state index is 0.00287. The summed E-state index contributed by atoms with van der Waals surface area (Å²) in [5, 5.41) is 22.5. The maximum atomic E-state index is 11.0. The third-order valence-corrected chi connectivity index (χ3v) is 7.04. The maximum absolute atomic E-state index is 11.0. The lowest BCUT2D eigenvalue weighted by Gasteiger charge is -2.33. The Kier molecular flexibility index (Phi) is 5.60. The van der Waals surface area contributed by atoms with Crippen molar-refractivity contribution in [1.29, 1.82) is 0 Å². The Morgan fingerprint density at radius 3 is 2.96 bits per heavy atom. The molecule has 0 amide bonds. The average Bonchev–Trinajstić information content (AvgIpc) is 3.27. The van der Waals surface area contributed by atoms with Crippen LogP contribution in [0.5, 0.6) is 5.75 Å². The number of nitrogens with zero attached hydrogens (tertiary/aromatic N) is 1. The van der Waals surface area contributed by atoms with Crippen LogP contribution in [-0.4, -0.2) is 40.0 Å². The van der Waals surface area contributed by atoms with Gasteiger partial charge in [-0.15, -0.1) is 11.3 Å². The molecule has 8 heteroatoms. The molecule has 0 radical (unpaired) electrons. The first-order valence-electron chi connectivity index (χ1n) is 9.33. The number of halogens is 1. The Morgan fingerprint density at radius 2 is 2.25 bits per heavy atom. The molecule has 1 aliphatic heterocycles. The Labute approximate surface area is 172 Å². The van der Waals surface area contributed by atoms with E-state index in [0.717, 1.165) is 18.4 Å². The van der Waals surface area contributed by atoms with Gasteiger partial charge in [0.15, 0.2) is 5.69 Å². The molecule has 5 atom stereocenters. The molecular weight excluding hydrogens is 402 g/mol. The van der Waals surface area contributed by atoms with E-state index in [2.05, 4.69) is 4.98 Å². The van der Waals surface area contributed by atoms with E-state index in [4.69, 9.17) is 26.2 Å². The summed E-state index contributed by atoms with van der Waals surface area (Å²) in [6.07, 6.45) is 1.44. The van der Waals surface area contributed by atoms with Gasteiger partial charge >= 0.3 is 5.97 Å². The normalized spacial score (nSPS) is 29.5. The maximum Gasteiger partial charge on any atom is 0.355 e. The lowest BCUT2D eigenvalue weighted by Crippen LogP contribution is -2.33. The van der Waals surface area contributed by atoms with Crippen molar-refractivity contribution >= 4 is 28.9 Å². The summed E-state index contributed by atoms with van der Waals surface area (Å²) in [6, 6.07) is 5.60. The summed E-state index contributed by atoms with van der Waals surface area (Å²) in [5.74, 6) is -0.117. The summed E-state index contributed by atoms with van der Waals surface area (Å²) in [5.41, 5.74) is 1.05. The Balaban J connectivity index is 1.39. The van der Waals surface area contributed by atoms with Crippen molar-refractivity contribution in [2.75, 3.05) is 6.61 Å². The van der Waals surface area contributed by atoms with E-state index in [-0.39, 0.29) is 29.7 Å². The van der Waals surface area contributed by atoms with Gasteiger partial charge in [-0.1, -0.05) is 17.7 Å². The number of fused-ring (bicyclic) bond motifs is 1. The lowest BCUT2D eigenvalue weighted by molar-refractivity contribution is -0.0811. The molecule has 2 N–H and O–H groups in total. The van der Waals surface area contributed by atoms with E-state index in [1.54, 1.807) is 11.4 Å². The molecule has 2 aromatic rings.